The second-order valence-electron chi connectivity index (χ2n) is 7.71. The van der Waals surface area contributed by atoms with Crippen LogP contribution in [0.5, 0.6) is 5.75 Å². The van der Waals surface area contributed by atoms with Gasteiger partial charge in [-0.25, -0.2) is 0 Å². The van der Waals surface area contributed by atoms with Gasteiger partial charge >= 0.3 is 0 Å². The molecule has 0 unspecified atom stereocenters. The highest BCUT2D eigenvalue weighted by Gasteiger charge is 2.34. The Hall–Kier alpha value is -1.31. The lowest BCUT2D eigenvalue weighted by atomic mass is 9.80. The molecule has 2 rings (SSSR count). The van der Waals surface area contributed by atoms with Crippen LogP contribution >= 0.6 is 0 Å². The van der Waals surface area contributed by atoms with Gasteiger partial charge in [-0.05, 0) is 16.4 Å². The minimum Gasteiger partial charge on any atom is -0.429 e. The average Bonchev–Trinajstić information content (AvgIpc) is 2.69. The van der Waals surface area contributed by atoms with Crippen molar-refractivity contribution in [2.75, 3.05) is 6.73 Å². The van der Waals surface area contributed by atoms with Crippen LogP contribution in [0.3, 0.4) is 0 Å². The normalized spacial score (nSPS) is 17.2. The van der Waals surface area contributed by atoms with Crippen molar-refractivity contribution in [2.45, 2.75) is 65.7 Å². The second kappa shape index (κ2) is 4.91. The molecule has 0 fully saturated rings. The predicted octanol–water partition coefficient (Wildman–Crippen LogP) is 4.76. The summed E-state index contributed by atoms with van der Waals surface area (Å²) in [5, 5.41) is 0. The molecular weight excluding hydrogens is 246 g/mol. The fraction of sp³-hybridized carbons (Fsp3) is 0.611. The van der Waals surface area contributed by atoms with E-state index in [-0.39, 0.29) is 10.8 Å². The molecule has 0 bridgehead atoms. The third-order valence-corrected chi connectivity index (χ3v) is 3.80. The lowest BCUT2D eigenvalue weighted by molar-refractivity contribution is -0.454. The van der Waals surface area contributed by atoms with E-state index < -0.39 is 0 Å². The van der Waals surface area contributed by atoms with Gasteiger partial charge in [0.15, 0.2) is 0 Å². The third-order valence-electron chi connectivity index (χ3n) is 3.80. The number of benzene rings is 1. The Labute approximate surface area is 123 Å². The first kappa shape index (κ1) is 15.1. The second-order valence-corrected chi connectivity index (χ2v) is 7.71. The van der Waals surface area contributed by atoms with Gasteiger partial charge in [-0.15, -0.1) is 0 Å². The van der Waals surface area contributed by atoms with E-state index in [1.54, 1.807) is 0 Å². The Bertz CT molecular complexity index is 542. The van der Waals surface area contributed by atoms with Crippen molar-refractivity contribution < 1.29 is 9.31 Å². The molecule has 0 atom stereocenters. The van der Waals surface area contributed by atoms with E-state index in [0.29, 0.717) is 6.73 Å². The van der Waals surface area contributed by atoms with Gasteiger partial charge in [0.1, 0.15) is 6.21 Å². The van der Waals surface area contributed by atoms with Crippen LogP contribution < -0.4 is 4.74 Å². The van der Waals surface area contributed by atoms with Gasteiger partial charge in [-0.2, -0.15) is 4.58 Å². The number of hydrogen-bond donors (Lipinski definition) is 0. The topological polar surface area (TPSA) is 12.2 Å². The van der Waals surface area contributed by atoms with Gasteiger partial charge in [0, 0.05) is 18.1 Å². The molecule has 1 aliphatic rings. The van der Waals surface area contributed by atoms with Gasteiger partial charge in [0.05, 0.1) is 0 Å². The molecule has 2 nitrogen and oxygen atoms in total. The van der Waals surface area contributed by atoms with Crippen molar-refractivity contribution in [3.8, 4) is 5.75 Å². The Morgan fingerprint density at radius 2 is 1.75 bits per heavy atom. The van der Waals surface area contributed by atoms with E-state index in [9.17, 15) is 0 Å². The van der Waals surface area contributed by atoms with E-state index in [1.807, 2.05) is 0 Å². The number of rotatable bonds is 1. The number of ether oxygens (including phenoxy) is 1. The molecule has 0 spiro atoms. The SMILES string of the molecule is CC/C=[N+]1/COc2c1cc(C(C)(C)C)cc2C(C)(C)C. The molecule has 2 heteroatoms. The number of nitrogens with zero attached hydrogens (tertiary/aromatic N) is 1. The number of hydrogen-bond acceptors (Lipinski definition) is 1. The van der Waals surface area contributed by atoms with Crippen LogP contribution in [0.2, 0.25) is 0 Å². The van der Waals surface area contributed by atoms with Crippen LogP contribution in [0.4, 0.5) is 5.69 Å². The summed E-state index contributed by atoms with van der Waals surface area (Å²) >= 11 is 0. The molecule has 20 heavy (non-hydrogen) atoms. The molecule has 1 aliphatic heterocycles. The van der Waals surface area contributed by atoms with Crippen LogP contribution in [-0.4, -0.2) is 17.5 Å². The zero-order valence-corrected chi connectivity index (χ0v) is 14.0. The summed E-state index contributed by atoms with van der Waals surface area (Å²) < 4.78 is 8.22. The Kier molecular flexibility index (Phi) is 3.70. The van der Waals surface area contributed by atoms with Gasteiger partial charge in [-0.3, -0.25) is 0 Å². The molecule has 110 valence electrons. The van der Waals surface area contributed by atoms with Crippen LogP contribution in [0.25, 0.3) is 0 Å². The lowest BCUT2D eigenvalue weighted by Gasteiger charge is -2.25. The van der Waals surface area contributed by atoms with Crippen molar-refractivity contribution >= 4 is 11.9 Å². The Balaban J connectivity index is 2.69. The molecule has 0 aromatic heterocycles. The van der Waals surface area contributed by atoms with Crippen molar-refractivity contribution in [1.82, 2.24) is 0 Å². The highest BCUT2D eigenvalue weighted by atomic mass is 16.5. The van der Waals surface area contributed by atoms with E-state index >= 15 is 0 Å². The predicted molar refractivity (Wildman–Crippen MR) is 85.6 cm³/mol. The molecule has 0 radical (unpaired) electrons. The van der Waals surface area contributed by atoms with Crippen LogP contribution in [-0.2, 0) is 10.8 Å². The molecule has 0 saturated carbocycles. The summed E-state index contributed by atoms with van der Waals surface area (Å²) in [6.45, 7) is 16.4. The minimum atomic E-state index is 0.0908. The largest absolute Gasteiger partial charge is 0.429 e. The fourth-order valence-corrected chi connectivity index (χ4v) is 2.54. The smallest absolute Gasteiger partial charge is 0.292 e. The van der Waals surface area contributed by atoms with Crippen molar-refractivity contribution in [3.05, 3.63) is 23.3 Å². The van der Waals surface area contributed by atoms with Crippen LogP contribution in [0.1, 0.15) is 66.0 Å². The van der Waals surface area contributed by atoms with E-state index in [0.717, 1.165) is 12.2 Å². The summed E-state index contributed by atoms with van der Waals surface area (Å²) in [4.78, 5) is 0. The quantitative estimate of drug-likeness (QED) is 0.673. The maximum absolute atomic E-state index is 5.98. The maximum Gasteiger partial charge on any atom is 0.292 e. The minimum absolute atomic E-state index is 0.0908. The van der Waals surface area contributed by atoms with Gasteiger partial charge < -0.3 is 4.74 Å². The van der Waals surface area contributed by atoms with Crippen molar-refractivity contribution in [1.29, 1.82) is 0 Å². The molecule has 1 aromatic rings. The zero-order chi connectivity index (χ0) is 15.1. The average molecular weight is 274 g/mol. The highest BCUT2D eigenvalue weighted by Crippen LogP contribution is 2.44. The van der Waals surface area contributed by atoms with E-state index in [4.69, 9.17) is 4.74 Å². The van der Waals surface area contributed by atoms with E-state index in [2.05, 4.69) is 71.4 Å². The first-order valence-corrected chi connectivity index (χ1v) is 7.56. The van der Waals surface area contributed by atoms with Gasteiger partial charge in [0.2, 0.25) is 5.75 Å². The first-order valence-electron chi connectivity index (χ1n) is 7.56. The monoisotopic (exact) mass is 274 g/mol. The lowest BCUT2D eigenvalue weighted by Crippen LogP contribution is -2.17. The molecule has 1 heterocycles. The summed E-state index contributed by atoms with van der Waals surface area (Å²) in [6, 6.07) is 4.62. The molecule has 0 aliphatic carbocycles. The zero-order valence-electron chi connectivity index (χ0n) is 14.0. The summed E-state index contributed by atoms with van der Waals surface area (Å²) in [7, 11) is 0. The highest BCUT2D eigenvalue weighted by molar-refractivity contribution is 5.62. The summed E-state index contributed by atoms with van der Waals surface area (Å²) in [5.74, 6) is 1.06. The standard InChI is InChI=1S/C18H28NO/c1-8-9-19-12-20-16-14(18(5,6)7)10-13(11-15(16)19)17(2,3)4/h9-11H,8,12H2,1-7H3/q+1/b19-9-. The maximum atomic E-state index is 5.98. The van der Waals surface area contributed by atoms with Gasteiger partial charge in [-0.1, -0.05) is 54.5 Å². The third kappa shape index (κ3) is 2.74. The number of fused-ring (bicyclic) bond motifs is 1. The molecule has 1 aromatic carbocycles. The molecular formula is C18H28NO+. The van der Waals surface area contributed by atoms with Crippen molar-refractivity contribution in [2.24, 2.45) is 0 Å². The van der Waals surface area contributed by atoms with Gasteiger partial charge in [0.25, 0.3) is 12.4 Å². The van der Waals surface area contributed by atoms with Crippen LogP contribution in [0, 0.1) is 0 Å². The van der Waals surface area contributed by atoms with Crippen LogP contribution in [0.15, 0.2) is 12.1 Å². The molecule has 0 amide bonds. The summed E-state index contributed by atoms with van der Waals surface area (Å²) in [6.07, 6.45) is 3.23. The first-order chi connectivity index (χ1) is 9.14. The Morgan fingerprint density at radius 1 is 1.10 bits per heavy atom. The molecule has 0 saturated heterocycles. The van der Waals surface area contributed by atoms with Crippen molar-refractivity contribution in [3.63, 3.8) is 0 Å². The van der Waals surface area contributed by atoms with E-state index in [1.165, 1.54) is 16.8 Å². The Morgan fingerprint density at radius 3 is 2.25 bits per heavy atom. The summed E-state index contributed by atoms with van der Waals surface area (Å²) in [5.41, 5.74) is 4.15. The fourth-order valence-electron chi connectivity index (χ4n) is 2.54. The molecule has 0 N–H and O–H groups in total.